The normalized spacial score (nSPS) is 11.2. The van der Waals surface area contributed by atoms with Gasteiger partial charge < -0.3 is 24.7 Å². The molecule has 0 heterocycles. The van der Waals surface area contributed by atoms with E-state index in [1.54, 1.807) is 0 Å². The van der Waals surface area contributed by atoms with Gasteiger partial charge in [-0.15, -0.1) is 0 Å². The molecule has 0 atom stereocenters. The van der Waals surface area contributed by atoms with Gasteiger partial charge in [-0.25, -0.2) is 0 Å². The van der Waals surface area contributed by atoms with Crippen LogP contribution < -0.4 is 24.7 Å². The summed E-state index contributed by atoms with van der Waals surface area (Å²) in [5, 5.41) is 0. The first kappa shape index (κ1) is 47.6. The van der Waals surface area contributed by atoms with Crippen molar-refractivity contribution >= 4 is 5.69 Å². The molecule has 5 heteroatoms. The van der Waals surface area contributed by atoms with Crippen LogP contribution in [0.25, 0.3) is 0 Å². The average molecular weight is 752 g/mol. The standard InChI is InChI=1S/C49H85NO4/c1-4-7-10-13-16-19-22-25-28-31-38-51-47-41-44(43-54-46-36-34-45(50)35-37-46)42-48(52-39-32-29-26-23-20-17-14-11-8-5-2)49(47)53-40-33-30-27-24-21-18-15-12-9-6-3/h34-37,41-42H,4-33,38-40,43,50H2,1-3H3. The largest absolute Gasteiger partial charge is 0.490 e. The summed E-state index contributed by atoms with van der Waals surface area (Å²) in [7, 11) is 0. The second-order valence-corrected chi connectivity index (χ2v) is 15.9. The highest BCUT2D eigenvalue weighted by atomic mass is 16.5. The van der Waals surface area contributed by atoms with Crippen LogP contribution in [0.2, 0.25) is 0 Å². The second kappa shape index (κ2) is 34.9. The van der Waals surface area contributed by atoms with Crippen molar-refractivity contribution in [1.29, 1.82) is 0 Å². The van der Waals surface area contributed by atoms with E-state index in [-0.39, 0.29) is 0 Å². The topological polar surface area (TPSA) is 62.9 Å². The Morgan fingerprint density at radius 2 is 0.685 bits per heavy atom. The van der Waals surface area contributed by atoms with Gasteiger partial charge in [-0.1, -0.05) is 194 Å². The highest BCUT2D eigenvalue weighted by molar-refractivity contribution is 5.54. The summed E-state index contributed by atoms with van der Waals surface area (Å²) in [5.41, 5.74) is 7.67. The Kier molecular flexibility index (Phi) is 30.8. The summed E-state index contributed by atoms with van der Waals surface area (Å²) in [4.78, 5) is 0. The molecule has 0 saturated heterocycles. The molecule has 0 aromatic heterocycles. The lowest BCUT2D eigenvalue weighted by molar-refractivity contribution is 0.232. The number of benzene rings is 2. The zero-order chi connectivity index (χ0) is 38.6. The number of nitrogens with two attached hydrogens (primary N) is 1. The predicted octanol–water partition coefficient (Wildman–Crippen LogP) is 15.7. The van der Waals surface area contributed by atoms with Crippen LogP contribution in [-0.4, -0.2) is 19.8 Å². The van der Waals surface area contributed by atoms with Crippen molar-refractivity contribution in [3.8, 4) is 23.0 Å². The monoisotopic (exact) mass is 752 g/mol. The lowest BCUT2D eigenvalue weighted by Crippen LogP contribution is -2.08. The van der Waals surface area contributed by atoms with Crippen molar-refractivity contribution in [2.75, 3.05) is 25.6 Å². The molecule has 2 N–H and O–H groups in total. The van der Waals surface area contributed by atoms with Gasteiger partial charge in [0.1, 0.15) is 12.4 Å². The van der Waals surface area contributed by atoms with E-state index in [1.165, 1.54) is 173 Å². The van der Waals surface area contributed by atoms with Gasteiger partial charge in [-0.2, -0.15) is 0 Å². The van der Waals surface area contributed by atoms with E-state index in [2.05, 4.69) is 32.9 Å². The van der Waals surface area contributed by atoms with Gasteiger partial charge in [0.25, 0.3) is 0 Å². The molecule has 0 aliphatic carbocycles. The van der Waals surface area contributed by atoms with Crippen LogP contribution in [0.1, 0.15) is 219 Å². The second-order valence-electron chi connectivity index (χ2n) is 15.9. The van der Waals surface area contributed by atoms with Crippen molar-refractivity contribution in [3.63, 3.8) is 0 Å². The van der Waals surface area contributed by atoms with Crippen molar-refractivity contribution in [1.82, 2.24) is 0 Å². The molecule has 2 aromatic carbocycles. The van der Waals surface area contributed by atoms with E-state index in [4.69, 9.17) is 24.7 Å². The SMILES string of the molecule is CCCCCCCCCCCCOc1cc(COc2ccc(N)cc2)cc(OCCCCCCCCCCCC)c1OCCCCCCCCCCCC. The fraction of sp³-hybridized carbons (Fsp3) is 0.755. The number of rotatable bonds is 39. The molecule has 310 valence electrons. The summed E-state index contributed by atoms with van der Waals surface area (Å²) in [6.45, 7) is 9.34. The molecular weight excluding hydrogens is 667 g/mol. The molecule has 0 spiro atoms. The van der Waals surface area contributed by atoms with E-state index < -0.39 is 0 Å². The van der Waals surface area contributed by atoms with Crippen molar-refractivity contribution in [3.05, 3.63) is 42.0 Å². The van der Waals surface area contributed by atoms with Gasteiger partial charge >= 0.3 is 0 Å². The van der Waals surface area contributed by atoms with E-state index in [9.17, 15) is 0 Å². The Hall–Kier alpha value is -2.56. The fourth-order valence-corrected chi connectivity index (χ4v) is 7.11. The predicted molar refractivity (Wildman–Crippen MR) is 234 cm³/mol. The number of ether oxygens (including phenoxy) is 4. The van der Waals surface area contributed by atoms with E-state index in [0.717, 1.165) is 53.5 Å². The molecule has 54 heavy (non-hydrogen) atoms. The molecule has 5 nitrogen and oxygen atoms in total. The van der Waals surface area contributed by atoms with E-state index >= 15 is 0 Å². The highest BCUT2D eigenvalue weighted by Gasteiger charge is 2.17. The molecule has 2 aromatic rings. The van der Waals surface area contributed by atoms with Gasteiger partial charge in [-0.05, 0) is 61.2 Å². The van der Waals surface area contributed by atoms with Crippen LogP contribution in [-0.2, 0) is 6.61 Å². The number of anilines is 1. The molecule has 0 aliphatic rings. The fourth-order valence-electron chi connectivity index (χ4n) is 7.11. The zero-order valence-electron chi connectivity index (χ0n) is 35.7. The Labute approximate surface area is 334 Å². The first-order valence-corrected chi connectivity index (χ1v) is 23.2. The van der Waals surface area contributed by atoms with Crippen LogP contribution in [0, 0.1) is 0 Å². The number of hydrogen-bond donors (Lipinski definition) is 1. The minimum Gasteiger partial charge on any atom is -0.490 e. The summed E-state index contributed by atoms with van der Waals surface area (Å²) < 4.78 is 25.8. The van der Waals surface area contributed by atoms with Gasteiger partial charge in [0.05, 0.1) is 19.8 Å². The Bertz CT molecular complexity index is 1060. The summed E-state index contributed by atoms with van der Waals surface area (Å²) >= 11 is 0. The number of hydrogen-bond acceptors (Lipinski definition) is 5. The third-order valence-electron chi connectivity index (χ3n) is 10.6. The Balaban J connectivity index is 1.99. The van der Waals surface area contributed by atoms with E-state index in [1.807, 2.05) is 24.3 Å². The molecule has 0 radical (unpaired) electrons. The Morgan fingerprint density at radius 3 is 1.04 bits per heavy atom. The average Bonchev–Trinajstić information content (AvgIpc) is 3.18. The quantitative estimate of drug-likeness (QED) is 0.0544. The summed E-state index contributed by atoms with van der Waals surface area (Å²) in [5.74, 6) is 3.14. The van der Waals surface area contributed by atoms with Gasteiger partial charge in [0.2, 0.25) is 5.75 Å². The first-order valence-electron chi connectivity index (χ1n) is 23.2. The molecule has 0 amide bonds. The maximum atomic E-state index is 6.57. The lowest BCUT2D eigenvalue weighted by atomic mass is 10.1. The van der Waals surface area contributed by atoms with E-state index in [0.29, 0.717) is 26.4 Å². The molecule has 2 rings (SSSR count). The van der Waals surface area contributed by atoms with Crippen LogP contribution in [0.5, 0.6) is 23.0 Å². The van der Waals surface area contributed by atoms with Crippen molar-refractivity contribution < 1.29 is 18.9 Å². The Morgan fingerprint density at radius 1 is 0.370 bits per heavy atom. The molecule has 0 saturated carbocycles. The molecular formula is C49H85NO4. The van der Waals surface area contributed by atoms with Crippen LogP contribution in [0.4, 0.5) is 5.69 Å². The number of unbranched alkanes of at least 4 members (excludes halogenated alkanes) is 27. The smallest absolute Gasteiger partial charge is 0.203 e. The third kappa shape index (κ3) is 25.5. The lowest BCUT2D eigenvalue weighted by Gasteiger charge is -2.19. The molecule has 0 bridgehead atoms. The van der Waals surface area contributed by atoms with Crippen molar-refractivity contribution in [2.24, 2.45) is 0 Å². The summed E-state index contributed by atoms with van der Waals surface area (Å²) in [6.07, 6.45) is 39.2. The highest BCUT2D eigenvalue weighted by Crippen LogP contribution is 2.40. The van der Waals surface area contributed by atoms with Crippen LogP contribution in [0.15, 0.2) is 36.4 Å². The third-order valence-corrected chi connectivity index (χ3v) is 10.6. The van der Waals surface area contributed by atoms with Gasteiger partial charge in [-0.3, -0.25) is 0 Å². The maximum absolute atomic E-state index is 6.57. The van der Waals surface area contributed by atoms with Gasteiger partial charge in [0.15, 0.2) is 11.5 Å². The molecule has 0 fully saturated rings. The zero-order valence-corrected chi connectivity index (χ0v) is 35.7. The van der Waals surface area contributed by atoms with Crippen molar-refractivity contribution in [2.45, 2.75) is 220 Å². The molecule has 0 unspecified atom stereocenters. The molecule has 0 aliphatic heterocycles. The van der Waals surface area contributed by atoms with Gasteiger partial charge in [0, 0.05) is 5.69 Å². The van der Waals surface area contributed by atoms with Crippen LogP contribution in [0.3, 0.4) is 0 Å². The number of nitrogen functional groups attached to an aromatic ring is 1. The van der Waals surface area contributed by atoms with Crippen LogP contribution >= 0.6 is 0 Å². The maximum Gasteiger partial charge on any atom is 0.203 e. The first-order chi connectivity index (χ1) is 26.7. The summed E-state index contributed by atoms with van der Waals surface area (Å²) in [6, 6.07) is 11.8. The minimum atomic E-state index is 0.422. The minimum absolute atomic E-state index is 0.422.